The number of para-hydroxylation sites is 1. The van der Waals surface area contributed by atoms with Crippen molar-refractivity contribution in [3.8, 4) is 0 Å². The van der Waals surface area contributed by atoms with E-state index in [9.17, 15) is 23.2 Å². The molecule has 182 valence electrons. The van der Waals surface area contributed by atoms with Gasteiger partial charge >= 0.3 is 0 Å². The predicted octanol–water partition coefficient (Wildman–Crippen LogP) is 3.34. The first-order valence-electron chi connectivity index (χ1n) is 11.9. The van der Waals surface area contributed by atoms with E-state index in [0.717, 1.165) is 31.9 Å². The van der Waals surface area contributed by atoms with Crippen LogP contribution in [0.5, 0.6) is 0 Å². The number of hydrogen-bond donors (Lipinski definition) is 0. The van der Waals surface area contributed by atoms with E-state index in [0.29, 0.717) is 18.7 Å². The number of piperazine rings is 1. The maximum atomic E-state index is 14.7. The van der Waals surface area contributed by atoms with Gasteiger partial charge in [0.25, 0.3) is 5.91 Å². The maximum Gasteiger partial charge on any atom is 0.257 e. The Balaban J connectivity index is 1.36. The Labute approximate surface area is 200 Å². The molecular weight excluding hydrogens is 454 g/mol. The van der Waals surface area contributed by atoms with Crippen LogP contribution in [0, 0.1) is 11.6 Å². The van der Waals surface area contributed by atoms with Crippen LogP contribution in [0.15, 0.2) is 47.4 Å². The van der Waals surface area contributed by atoms with Crippen LogP contribution in [-0.4, -0.2) is 57.1 Å². The third kappa shape index (κ3) is 4.54. The smallest absolute Gasteiger partial charge is 0.257 e. The average Bonchev–Trinajstić information content (AvgIpc) is 2.87. The van der Waals surface area contributed by atoms with Crippen molar-refractivity contribution in [2.45, 2.75) is 44.7 Å². The normalized spacial score (nSPS) is 17.3. The van der Waals surface area contributed by atoms with Gasteiger partial charge in [-0.25, -0.2) is 8.78 Å². The van der Waals surface area contributed by atoms with Gasteiger partial charge in [0.1, 0.15) is 23.7 Å². The van der Waals surface area contributed by atoms with Crippen molar-refractivity contribution < 1.29 is 18.4 Å². The van der Waals surface area contributed by atoms with Crippen molar-refractivity contribution in [1.82, 2.24) is 19.6 Å². The number of carbonyl (C=O) groups is 2. The maximum absolute atomic E-state index is 14.7. The van der Waals surface area contributed by atoms with Crippen LogP contribution in [-0.2, 0) is 11.3 Å². The molecule has 1 saturated heterocycles. The number of nitrogens with zero attached hydrogens (tertiary/aromatic N) is 4. The summed E-state index contributed by atoms with van der Waals surface area (Å²) >= 11 is 0. The van der Waals surface area contributed by atoms with E-state index in [2.05, 4.69) is 5.10 Å². The first-order chi connectivity index (χ1) is 16.9. The zero-order chi connectivity index (χ0) is 24.5. The number of aromatic nitrogens is 2. The Morgan fingerprint density at radius 2 is 1.80 bits per heavy atom. The summed E-state index contributed by atoms with van der Waals surface area (Å²) in [5, 5.41) is 4.22. The quantitative estimate of drug-likeness (QED) is 0.574. The number of carbonyl (C=O) groups excluding carboxylic acids is 2. The van der Waals surface area contributed by atoms with Gasteiger partial charge in [0.05, 0.1) is 23.7 Å². The highest BCUT2D eigenvalue weighted by molar-refractivity contribution is 5.97. The molecule has 2 heterocycles. The van der Waals surface area contributed by atoms with Gasteiger partial charge in [-0.3, -0.25) is 19.1 Å². The minimum Gasteiger partial charge on any atom is -0.336 e. The van der Waals surface area contributed by atoms with Gasteiger partial charge in [-0.15, -0.1) is 0 Å². The molecule has 0 unspecified atom stereocenters. The Bertz CT molecular complexity index is 1350. The first-order valence-corrected chi connectivity index (χ1v) is 11.9. The van der Waals surface area contributed by atoms with Crippen LogP contribution < -0.4 is 5.43 Å². The summed E-state index contributed by atoms with van der Waals surface area (Å²) < 4.78 is 30.5. The number of benzene rings is 2. The van der Waals surface area contributed by atoms with Crippen molar-refractivity contribution in [1.29, 1.82) is 0 Å². The lowest BCUT2D eigenvalue weighted by atomic mass is 9.93. The van der Waals surface area contributed by atoms with E-state index >= 15 is 0 Å². The predicted molar refractivity (Wildman–Crippen MR) is 126 cm³/mol. The highest BCUT2D eigenvalue weighted by atomic mass is 19.1. The molecule has 1 aliphatic heterocycles. The molecule has 0 N–H and O–H groups in total. The van der Waals surface area contributed by atoms with E-state index < -0.39 is 23.0 Å². The molecule has 1 aliphatic carbocycles. The summed E-state index contributed by atoms with van der Waals surface area (Å²) in [4.78, 5) is 41.3. The number of hydrogen-bond acceptors (Lipinski definition) is 4. The molecule has 1 aromatic heterocycles. The third-order valence-corrected chi connectivity index (χ3v) is 6.98. The molecule has 2 fully saturated rings. The summed E-state index contributed by atoms with van der Waals surface area (Å²) in [7, 11) is 0. The molecule has 5 rings (SSSR count). The van der Waals surface area contributed by atoms with Crippen molar-refractivity contribution >= 4 is 22.7 Å². The van der Waals surface area contributed by atoms with E-state index in [1.807, 2.05) is 4.90 Å². The minimum absolute atomic E-state index is 0.0344. The van der Waals surface area contributed by atoms with Crippen molar-refractivity contribution in [3.05, 3.63) is 75.6 Å². The highest BCUT2D eigenvalue weighted by Gasteiger charge is 2.33. The fraction of sp³-hybridized carbons (Fsp3) is 0.385. The second-order valence-electron chi connectivity index (χ2n) is 9.22. The van der Waals surface area contributed by atoms with Crippen LogP contribution in [0.4, 0.5) is 8.78 Å². The van der Waals surface area contributed by atoms with Crippen molar-refractivity contribution in [2.75, 3.05) is 19.6 Å². The standard InChI is InChI=1S/C26H26F2N4O3/c27-21-10-9-17(15-32-25-19(23(33)14-29-32)7-4-8-22(25)28)13-20(21)26(35)30-11-12-31(24(34)16-30)18-5-2-1-3-6-18/h4,7-10,13-14,18H,1-3,5-6,11-12,15-16H2. The van der Waals surface area contributed by atoms with Crippen LogP contribution >= 0.6 is 0 Å². The molecular formula is C26H26F2N4O3. The fourth-order valence-corrected chi connectivity index (χ4v) is 5.16. The molecule has 0 radical (unpaired) electrons. The Kier molecular flexibility index (Phi) is 6.32. The summed E-state index contributed by atoms with van der Waals surface area (Å²) in [5.74, 6) is -1.94. The van der Waals surface area contributed by atoms with Gasteiger partial charge in [0, 0.05) is 19.1 Å². The van der Waals surface area contributed by atoms with Gasteiger partial charge in [-0.05, 0) is 42.7 Å². The van der Waals surface area contributed by atoms with Gasteiger partial charge in [-0.1, -0.05) is 31.4 Å². The monoisotopic (exact) mass is 480 g/mol. The molecule has 2 aromatic carbocycles. The van der Waals surface area contributed by atoms with Crippen LogP contribution in [0.25, 0.3) is 10.9 Å². The van der Waals surface area contributed by atoms with Crippen molar-refractivity contribution in [3.63, 3.8) is 0 Å². The summed E-state index contributed by atoms with van der Waals surface area (Å²) in [6.07, 6.45) is 6.50. The zero-order valence-corrected chi connectivity index (χ0v) is 19.3. The van der Waals surface area contributed by atoms with Gasteiger partial charge in [-0.2, -0.15) is 5.10 Å². The van der Waals surface area contributed by atoms with Crippen LogP contribution in [0.2, 0.25) is 0 Å². The molecule has 1 saturated carbocycles. The lowest BCUT2D eigenvalue weighted by Gasteiger charge is -2.40. The SMILES string of the molecule is O=C(c1cc(Cn2ncc(=O)c3cccc(F)c32)ccc1F)N1CCN(C2CCCCC2)C(=O)C1. The Hall–Kier alpha value is -3.62. The summed E-state index contributed by atoms with van der Waals surface area (Å²) in [6, 6.07) is 8.52. The average molecular weight is 481 g/mol. The molecule has 9 heteroatoms. The molecule has 2 aliphatic rings. The Morgan fingerprint density at radius 3 is 2.57 bits per heavy atom. The lowest BCUT2D eigenvalue weighted by Crippen LogP contribution is -2.55. The van der Waals surface area contributed by atoms with Gasteiger partial charge < -0.3 is 9.80 Å². The summed E-state index contributed by atoms with van der Waals surface area (Å²) in [5.41, 5.74) is 0.0132. The van der Waals surface area contributed by atoms with Gasteiger partial charge in [0.2, 0.25) is 11.3 Å². The van der Waals surface area contributed by atoms with E-state index in [1.54, 1.807) is 0 Å². The molecule has 0 bridgehead atoms. The number of fused-ring (bicyclic) bond motifs is 1. The van der Waals surface area contributed by atoms with Crippen molar-refractivity contribution in [2.24, 2.45) is 0 Å². The molecule has 7 nitrogen and oxygen atoms in total. The van der Waals surface area contributed by atoms with Gasteiger partial charge in [0.15, 0.2) is 0 Å². The number of amides is 2. The fourth-order valence-electron chi connectivity index (χ4n) is 5.16. The van der Waals surface area contributed by atoms with Crippen LogP contribution in [0.3, 0.4) is 0 Å². The van der Waals surface area contributed by atoms with Crippen LogP contribution in [0.1, 0.15) is 48.0 Å². The molecule has 0 atom stereocenters. The Morgan fingerprint density at radius 1 is 1.00 bits per heavy atom. The molecule has 35 heavy (non-hydrogen) atoms. The molecule has 0 spiro atoms. The second kappa shape index (κ2) is 9.56. The molecule has 2 amide bonds. The minimum atomic E-state index is -0.690. The van der Waals surface area contributed by atoms with E-state index in [4.69, 9.17) is 0 Å². The number of halogens is 2. The topological polar surface area (TPSA) is 75.5 Å². The van der Waals surface area contributed by atoms with E-state index in [-0.39, 0.29) is 41.5 Å². The molecule has 3 aromatic rings. The zero-order valence-electron chi connectivity index (χ0n) is 19.3. The second-order valence-corrected chi connectivity index (χ2v) is 9.22. The lowest BCUT2D eigenvalue weighted by molar-refractivity contribution is -0.138. The largest absolute Gasteiger partial charge is 0.336 e. The third-order valence-electron chi connectivity index (χ3n) is 6.98. The van der Waals surface area contributed by atoms with E-state index in [1.165, 1.54) is 52.4 Å². The summed E-state index contributed by atoms with van der Waals surface area (Å²) in [6.45, 7) is 0.758. The number of rotatable bonds is 4. The highest BCUT2D eigenvalue weighted by Crippen LogP contribution is 2.25. The first kappa shape index (κ1) is 23.1.